The van der Waals surface area contributed by atoms with E-state index in [-0.39, 0.29) is 18.9 Å². The Kier molecular flexibility index (Phi) is 10.8. The van der Waals surface area contributed by atoms with E-state index in [0.29, 0.717) is 6.42 Å². The van der Waals surface area contributed by atoms with E-state index in [1.165, 1.54) is 7.11 Å². The first-order valence-electron chi connectivity index (χ1n) is 7.29. The number of allylic oxidation sites excluding steroid dienone is 1. The van der Waals surface area contributed by atoms with Crippen LogP contribution in [0, 0.1) is 5.92 Å². The third-order valence-corrected chi connectivity index (χ3v) is 3.28. The maximum absolute atomic E-state index is 10.4. The molecule has 0 aromatic carbocycles. The first-order valence-corrected chi connectivity index (χ1v) is 7.29. The maximum Gasteiger partial charge on any atom is 0.303 e. The van der Waals surface area contributed by atoms with Crippen LogP contribution in [0.5, 0.6) is 0 Å². The summed E-state index contributed by atoms with van der Waals surface area (Å²) >= 11 is 0. The highest BCUT2D eigenvalue weighted by Crippen LogP contribution is 2.15. The van der Waals surface area contributed by atoms with E-state index in [1.807, 2.05) is 32.1 Å². The summed E-state index contributed by atoms with van der Waals surface area (Å²) in [6, 6.07) is 0. The lowest BCUT2D eigenvalue weighted by Crippen LogP contribution is -2.31. The molecule has 0 radical (unpaired) electrons. The molecule has 5 heteroatoms. The first-order chi connectivity index (χ1) is 9.92. The molecule has 5 nitrogen and oxygen atoms in total. The highest BCUT2D eigenvalue weighted by atomic mass is 16.5. The molecule has 0 aliphatic rings. The zero-order valence-electron chi connectivity index (χ0n) is 13.2. The molecule has 0 saturated carbocycles. The monoisotopic (exact) mass is 300 g/mol. The van der Waals surface area contributed by atoms with Crippen molar-refractivity contribution in [2.24, 2.45) is 5.92 Å². The number of unbranched alkanes of at least 4 members (excludes halogenated alkanes) is 2. The van der Waals surface area contributed by atoms with Gasteiger partial charge in [0.05, 0.1) is 12.7 Å². The van der Waals surface area contributed by atoms with E-state index in [9.17, 15) is 9.90 Å². The molecular weight excluding hydrogens is 272 g/mol. The minimum absolute atomic E-state index is 0.0197. The van der Waals surface area contributed by atoms with Crippen LogP contribution in [0.4, 0.5) is 0 Å². The van der Waals surface area contributed by atoms with E-state index < -0.39 is 18.2 Å². The van der Waals surface area contributed by atoms with Crippen molar-refractivity contribution in [3.8, 4) is 0 Å². The zero-order valence-corrected chi connectivity index (χ0v) is 13.2. The third kappa shape index (κ3) is 9.39. The lowest BCUT2D eigenvalue weighted by atomic mass is 9.96. The standard InChI is InChI=1S/C16H28O5/c1-12(11-17)10-13(2)16(20)14(21-3)8-6-4-5-7-9-15(18)19/h6,8,10,13-14,16-17,20H,4-5,7,9,11H2,1-3H3,(H,18,19)/b8-6+,12-10-/t13-,14+,16+/m1/s1. The van der Waals surface area contributed by atoms with E-state index >= 15 is 0 Å². The fourth-order valence-electron chi connectivity index (χ4n) is 2.00. The second-order valence-corrected chi connectivity index (χ2v) is 5.29. The summed E-state index contributed by atoms with van der Waals surface area (Å²) < 4.78 is 5.27. The van der Waals surface area contributed by atoms with Gasteiger partial charge in [0.25, 0.3) is 0 Å². The molecule has 0 bridgehead atoms. The Morgan fingerprint density at radius 3 is 2.52 bits per heavy atom. The minimum atomic E-state index is -0.774. The SMILES string of the molecule is CO[C@@H](/C=C/CCCCC(=O)O)[C@@H](O)[C@H](C)/C=C(/C)CO. The van der Waals surface area contributed by atoms with Gasteiger partial charge in [-0.15, -0.1) is 0 Å². The second-order valence-electron chi connectivity index (χ2n) is 5.29. The largest absolute Gasteiger partial charge is 0.481 e. The molecule has 0 aromatic rings. The summed E-state index contributed by atoms with van der Waals surface area (Å²) in [5.74, 6) is -0.900. The van der Waals surface area contributed by atoms with Gasteiger partial charge in [-0.1, -0.05) is 30.7 Å². The lowest BCUT2D eigenvalue weighted by Gasteiger charge is -2.23. The van der Waals surface area contributed by atoms with Crippen molar-refractivity contribution in [3.05, 3.63) is 23.8 Å². The number of rotatable bonds is 11. The average molecular weight is 300 g/mol. The Morgan fingerprint density at radius 2 is 2.00 bits per heavy atom. The van der Waals surface area contributed by atoms with E-state index in [1.54, 1.807) is 0 Å². The Balaban J connectivity index is 4.27. The number of aliphatic hydroxyl groups excluding tert-OH is 2. The van der Waals surface area contributed by atoms with Crippen LogP contribution in [0.15, 0.2) is 23.8 Å². The molecule has 0 aliphatic heterocycles. The molecular formula is C16H28O5. The van der Waals surface area contributed by atoms with Gasteiger partial charge in [0.15, 0.2) is 0 Å². The van der Waals surface area contributed by atoms with Crippen LogP contribution in [0.1, 0.15) is 39.5 Å². The molecule has 0 spiro atoms. The van der Waals surface area contributed by atoms with Crippen LogP contribution in [0.2, 0.25) is 0 Å². The molecule has 0 saturated heterocycles. The zero-order chi connectivity index (χ0) is 16.3. The summed E-state index contributed by atoms with van der Waals surface area (Å²) in [5.41, 5.74) is 0.814. The van der Waals surface area contributed by atoms with E-state index in [2.05, 4.69) is 0 Å². The Morgan fingerprint density at radius 1 is 1.33 bits per heavy atom. The van der Waals surface area contributed by atoms with Gasteiger partial charge in [0, 0.05) is 19.4 Å². The number of aliphatic carboxylic acids is 1. The van der Waals surface area contributed by atoms with E-state index in [4.69, 9.17) is 14.9 Å². The number of carboxylic acids is 1. The quantitative estimate of drug-likeness (QED) is 0.402. The molecule has 21 heavy (non-hydrogen) atoms. The van der Waals surface area contributed by atoms with Crippen molar-refractivity contribution in [3.63, 3.8) is 0 Å². The molecule has 0 unspecified atom stereocenters. The van der Waals surface area contributed by atoms with Gasteiger partial charge in [-0.3, -0.25) is 4.79 Å². The van der Waals surface area contributed by atoms with Gasteiger partial charge >= 0.3 is 5.97 Å². The highest BCUT2D eigenvalue weighted by Gasteiger charge is 2.21. The van der Waals surface area contributed by atoms with Gasteiger partial charge in [0.1, 0.15) is 6.10 Å². The molecule has 0 aliphatic carbocycles. The van der Waals surface area contributed by atoms with Gasteiger partial charge in [-0.2, -0.15) is 0 Å². The number of methoxy groups -OCH3 is 1. The van der Waals surface area contributed by atoms with Crippen LogP contribution < -0.4 is 0 Å². The smallest absolute Gasteiger partial charge is 0.303 e. The Labute approximate surface area is 126 Å². The molecule has 0 heterocycles. The number of carbonyl (C=O) groups is 1. The molecule has 0 rings (SSSR count). The molecule has 122 valence electrons. The van der Waals surface area contributed by atoms with Gasteiger partial charge < -0.3 is 20.1 Å². The number of ether oxygens (including phenoxy) is 1. The Bertz CT molecular complexity index is 349. The van der Waals surface area contributed by atoms with Crippen LogP contribution >= 0.6 is 0 Å². The number of hydrogen-bond acceptors (Lipinski definition) is 4. The van der Waals surface area contributed by atoms with Crippen LogP contribution in [0.3, 0.4) is 0 Å². The lowest BCUT2D eigenvalue weighted by molar-refractivity contribution is -0.137. The van der Waals surface area contributed by atoms with Crippen molar-refractivity contribution < 1.29 is 24.9 Å². The fraction of sp³-hybridized carbons (Fsp3) is 0.688. The topological polar surface area (TPSA) is 87.0 Å². The fourth-order valence-corrected chi connectivity index (χ4v) is 2.00. The van der Waals surface area contributed by atoms with Crippen molar-refractivity contribution in [1.82, 2.24) is 0 Å². The molecule has 0 amide bonds. The van der Waals surface area contributed by atoms with Gasteiger partial charge in [-0.05, 0) is 26.2 Å². The van der Waals surface area contributed by atoms with Crippen LogP contribution in [-0.4, -0.2) is 47.2 Å². The first kappa shape index (κ1) is 19.8. The van der Waals surface area contributed by atoms with Crippen LogP contribution in [0.25, 0.3) is 0 Å². The molecule has 3 N–H and O–H groups in total. The summed E-state index contributed by atoms with van der Waals surface area (Å²) in [4.78, 5) is 10.4. The normalized spacial score (nSPS) is 16.9. The number of aliphatic hydroxyl groups is 2. The summed E-state index contributed by atoms with van der Waals surface area (Å²) in [6.07, 6.45) is 6.85. The van der Waals surface area contributed by atoms with Gasteiger partial charge in [0.2, 0.25) is 0 Å². The van der Waals surface area contributed by atoms with E-state index in [0.717, 1.165) is 18.4 Å². The number of hydrogen-bond donors (Lipinski definition) is 3. The third-order valence-electron chi connectivity index (χ3n) is 3.28. The molecule has 0 aromatic heterocycles. The van der Waals surface area contributed by atoms with Crippen molar-refractivity contribution in [1.29, 1.82) is 0 Å². The second kappa shape index (κ2) is 11.5. The summed E-state index contributed by atoms with van der Waals surface area (Å²) in [7, 11) is 1.54. The average Bonchev–Trinajstić information content (AvgIpc) is 2.45. The number of carboxylic acid groups (broad SMARTS) is 1. The summed E-state index contributed by atoms with van der Waals surface area (Å²) in [6.45, 7) is 3.66. The van der Waals surface area contributed by atoms with Crippen LogP contribution in [-0.2, 0) is 9.53 Å². The molecule has 0 fully saturated rings. The predicted octanol–water partition coefficient (Wildman–Crippen LogP) is 2.14. The summed E-state index contributed by atoms with van der Waals surface area (Å²) in [5, 5.41) is 27.7. The predicted molar refractivity (Wildman–Crippen MR) is 82.1 cm³/mol. The van der Waals surface area contributed by atoms with Crippen molar-refractivity contribution in [2.75, 3.05) is 13.7 Å². The van der Waals surface area contributed by atoms with Crippen molar-refractivity contribution >= 4 is 5.97 Å². The minimum Gasteiger partial charge on any atom is -0.481 e. The molecule has 3 atom stereocenters. The highest BCUT2D eigenvalue weighted by molar-refractivity contribution is 5.66. The van der Waals surface area contributed by atoms with Crippen molar-refractivity contribution in [2.45, 2.75) is 51.7 Å². The van der Waals surface area contributed by atoms with Gasteiger partial charge in [-0.25, -0.2) is 0 Å². The maximum atomic E-state index is 10.4. The Hall–Kier alpha value is -1.17.